The van der Waals surface area contributed by atoms with Crippen molar-refractivity contribution < 1.29 is 49.0 Å². The summed E-state index contributed by atoms with van der Waals surface area (Å²) in [5, 5.41) is 39.2. The zero-order valence-electron chi connectivity index (χ0n) is 23.4. The maximum atomic E-state index is 12.4. The Morgan fingerprint density at radius 1 is 0.737 bits per heavy atom. The molecule has 6 unspecified atom stereocenters. The van der Waals surface area contributed by atoms with Gasteiger partial charge in [0.15, 0.2) is 12.4 Å². The molecule has 4 N–H and O–H groups in total. The fourth-order valence-electron chi connectivity index (χ4n) is 4.34. The van der Waals surface area contributed by atoms with Crippen LogP contribution in [0.3, 0.4) is 0 Å². The average molecular weight is 549 g/mol. The predicted molar refractivity (Wildman–Crippen MR) is 141 cm³/mol. The first-order chi connectivity index (χ1) is 18.3. The van der Waals surface area contributed by atoms with Crippen LogP contribution in [0.25, 0.3) is 0 Å². The van der Waals surface area contributed by atoms with E-state index in [1.54, 1.807) is 6.92 Å². The van der Waals surface area contributed by atoms with Crippen molar-refractivity contribution in [3.05, 3.63) is 0 Å². The van der Waals surface area contributed by atoms with Crippen molar-refractivity contribution in [3.8, 4) is 0 Å². The standard InChI is InChI=1S/C28H52O10/c1-3-5-6-7-8-9-10-11-12-13-14-15-16-17-24(31)37-21(19-35-23(30)4-2)20-36-28-27(34)26(33)25(32)22(18-29)38-28/h21-22,25-29,32-34H,3-20H2,1-2H3. The van der Waals surface area contributed by atoms with Crippen molar-refractivity contribution in [1.29, 1.82) is 0 Å². The van der Waals surface area contributed by atoms with Gasteiger partial charge in [-0.15, -0.1) is 0 Å². The maximum absolute atomic E-state index is 12.4. The number of hydrogen-bond donors (Lipinski definition) is 4. The topological polar surface area (TPSA) is 152 Å². The molecule has 0 aliphatic carbocycles. The molecule has 0 radical (unpaired) electrons. The Morgan fingerprint density at radius 3 is 1.82 bits per heavy atom. The summed E-state index contributed by atoms with van der Waals surface area (Å²) in [6, 6.07) is 0. The highest BCUT2D eigenvalue weighted by Gasteiger charge is 2.44. The Labute approximate surface area is 228 Å². The molecule has 0 aromatic carbocycles. The molecule has 0 amide bonds. The van der Waals surface area contributed by atoms with Crippen LogP contribution in [0.4, 0.5) is 0 Å². The van der Waals surface area contributed by atoms with Crippen LogP contribution in [0, 0.1) is 0 Å². The number of rotatable bonds is 22. The zero-order valence-corrected chi connectivity index (χ0v) is 23.4. The molecule has 224 valence electrons. The second-order valence-electron chi connectivity index (χ2n) is 10.2. The van der Waals surface area contributed by atoms with Gasteiger partial charge in [0.25, 0.3) is 0 Å². The minimum Gasteiger partial charge on any atom is -0.462 e. The van der Waals surface area contributed by atoms with E-state index in [9.17, 15) is 30.0 Å². The summed E-state index contributed by atoms with van der Waals surface area (Å²) >= 11 is 0. The van der Waals surface area contributed by atoms with Crippen LogP contribution in [0.15, 0.2) is 0 Å². The lowest BCUT2D eigenvalue weighted by molar-refractivity contribution is -0.305. The molecule has 1 aliphatic rings. The number of aliphatic hydroxyl groups excluding tert-OH is 4. The summed E-state index contributed by atoms with van der Waals surface area (Å²) in [5.41, 5.74) is 0. The molecule has 0 aromatic rings. The van der Waals surface area contributed by atoms with Crippen molar-refractivity contribution in [1.82, 2.24) is 0 Å². The van der Waals surface area contributed by atoms with E-state index in [1.165, 1.54) is 57.8 Å². The van der Waals surface area contributed by atoms with E-state index < -0.39 is 55.4 Å². The second-order valence-corrected chi connectivity index (χ2v) is 10.2. The van der Waals surface area contributed by atoms with E-state index in [1.807, 2.05) is 0 Å². The molecule has 1 rings (SSSR count). The van der Waals surface area contributed by atoms with Gasteiger partial charge in [0, 0.05) is 12.8 Å². The average Bonchev–Trinajstić information content (AvgIpc) is 2.92. The van der Waals surface area contributed by atoms with Crippen molar-refractivity contribution in [2.24, 2.45) is 0 Å². The lowest BCUT2D eigenvalue weighted by atomic mass is 9.99. The molecule has 0 saturated carbocycles. The van der Waals surface area contributed by atoms with E-state index >= 15 is 0 Å². The Kier molecular flexibility index (Phi) is 19.7. The zero-order chi connectivity index (χ0) is 28.2. The van der Waals surface area contributed by atoms with Crippen LogP contribution in [0.2, 0.25) is 0 Å². The van der Waals surface area contributed by atoms with Gasteiger partial charge in [-0.1, -0.05) is 90.9 Å². The number of aliphatic hydroxyl groups is 4. The van der Waals surface area contributed by atoms with Gasteiger partial charge in [-0.25, -0.2) is 0 Å². The van der Waals surface area contributed by atoms with Gasteiger partial charge in [0.1, 0.15) is 31.0 Å². The molecule has 1 saturated heterocycles. The van der Waals surface area contributed by atoms with Crippen LogP contribution in [-0.4, -0.2) is 89.0 Å². The van der Waals surface area contributed by atoms with Gasteiger partial charge in [0.05, 0.1) is 13.2 Å². The summed E-state index contributed by atoms with van der Waals surface area (Å²) in [5.74, 6) is -0.904. The van der Waals surface area contributed by atoms with Crippen LogP contribution in [0.1, 0.15) is 110 Å². The minimum atomic E-state index is -1.58. The molecule has 0 spiro atoms. The summed E-state index contributed by atoms with van der Waals surface area (Å²) in [4.78, 5) is 23.9. The largest absolute Gasteiger partial charge is 0.462 e. The van der Waals surface area contributed by atoms with E-state index in [2.05, 4.69) is 6.92 Å². The molecule has 0 bridgehead atoms. The fourth-order valence-corrected chi connectivity index (χ4v) is 4.34. The first-order valence-electron chi connectivity index (χ1n) is 14.6. The van der Waals surface area contributed by atoms with Gasteiger partial charge in [-0.3, -0.25) is 9.59 Å². The number of carbonyl (C=O) groups is 2. The highest BCUT2D eigenvalue weighted by Crippen LogP contribution is 2.22. The predicted octanol–water partition coefficient (Wildman–Crippen LogP) is 3.15. The highest BCUT2D eigenvalue weighted by molar-refractivity contribution is 5.70. The first-order valence-corrected chi connectivity index (χ1v) is 14.6. The van der Waals surface area contributed by atoms with Crippen LogP contribution < -0.4 is 0 Å². The van der Waals surface area contributed by atoms with Crippen LogP contribution >= 0.6 is 0 Å². The molecule has 10 nitrogen and oxygen atoms in total. The van der Waals surface area contributed by atoms with Gasteiger partial charge < -0.3 is 39.4 Å². The molecule has 6 atom stereocenters. The molecule has 10 heteroatoms. The number of hydrogen-bond acceptors (Lipinski definition) is 10. The third-order valence-corrected chi connectivity index (χ3v) is 6.80. The number of carbonyl (C=O) groups excluding carboxylic acids is 2. The monoisotopic (exact) mass is 548 g/mol. The third kappa shape index (κ3) is 14.7. The lowest BCUT2D eigenvalue weighted by Gasteiger charge is -2.39. The van der Waals surface area contributed by atoms with E-state index in [4.69, 9.17) is 18.9 Å². The van der Waals surface area contributed by atoms with Crippen LogP contribution in [0.5, 0.6) is 0 Å². The minimum absolute atomic E-state index is 0.160. The smallest absolute Gasteiger partial charge is 0.306 e. The summed E-state index contributed by atoms with van der Waals surface area (Å²) in [6.07, 6.45) is 7.96. The van der Waals surface area contributed by atoms with E-state index in [-0.39, 0.29) is 26.1 Å². The van der Waals surface area contributed by atoms with E-state index in [0.717, 1.165) is 19.3 Å². The number of unbranched alkanes of at least 4 members (excludes halogenated alkanes) is 12. The van der Waals surface area contributed by atoms with Crippen LogP contribution in [-0.2, 0) is 28.5 Å². The Morgan fingerprint density at radius 2 is 1.29 bits per heavy atom. The molecule has 1 heterocycles. The molecular weight excluding hydrogens is 496 g/mol. The fraction of sp³-hybridized carbons (Fsp3) is 0.929. The van der Waals surface area contributed by atoms with Crippen molar-refractivity contribution >= 4 is 11.9 Å². The SMILES string of the molecule is CCCCCCCCCCCCCCCC(=O)OC(COC(=O)CC)COC1OC(CO)C(O)C(O)C1O. The molecule has 1 fully saturated rings. The molecule has 1 aliphatic heterocycles. The van der Waals surface area contributed by atoms with E-state index in [0.29, 0.717) is 6.42 Å². The lowest BCUT2D eigenvalue weighted by Crippen LogP contribution is -2.59. The quantitative estimate of drug-likeness (QED) is 0.117. The summed E-state index contributed by atoms with van der Waals surface area (Å²) in [7, 11) is 0. The van der Waals surface area contributed by atoms with Crippen molar-refractivity contribution in [2.45, 2.75) is 147 Å². The number of esters is 2. The molecule has 0 aromatic heterocycles. The van der Waals surface area contributed by atoms with Gasteiger partial charge in [0.2, 0.25) is 0 Å². The Bertz CT molecular complexity index is 614. The first kappa shape index (κ1) is 34.7. The van der Waals surface area contributed by atoms with Gasteiger partial charge in [-0.05, 0) is 6.42 Å². The Balaban J connectivity index is 2.30. The van der Waals surface area contributed by atoms with Gasteiger partial charge >= 0.3 is 11.9 Å². The normalized spacial score (nSPS) is 24.2. The number of ether oxygens (including phenoxy) is 4. The maximum Gasteiger partial charge on any atom is 0.306 e. The van der Waals surface area contributed by atoms with Crippen molar-refractivity contribution in [3.63, 3.8) is 0 Å². The Hall–Kier alpha value is -1.30. The summed E-state index contributed by atoms with van der Waals surface area (Å²) in [6.45, 7) is 2.79. The third-order valence-electron chi connectivity index (χ3n) is 6.80. The molecular formula is C28H52O10. The van der Waals surface area contributed by atoms with Crippen molar-refractivity contribution in [2.75, 3.05) is 19.8 Å². The molecule has 38 heavy (non-hydrogen) atoms. The summed E-state index contributed by atoms with van der Waals surface area (Å²) < 4.78 is 21.3. The van der Waals surface area contributed by atoms with Gasteiger partial charge in [-0.2, -0.15) is 0 Å². The second kappa shape index (κ2) is 21.5. The highest BCUT2D eigenvalue weighted by atomic mass is 16.7.